The number of nitrogens with two attached hydrogens (primary N) is 1. The summed E-state index contributed by atoms with van der Waals surface area (Å²) in [5.74, 6) is 0.534. The van der Waals surface area contributed by atoms with Crippen molar-refractivity contribution in [3.63, 3.8) is 0 Å². The van der Waals surface area contributed by atoms with Gasteiger partial charge >= 0.3 is 0 Å². The second-order valence-corrected chi connectivity index (χ2v) is 12.5. The lowest BCUT2D eigenvalue weighted by Gasteiger charge is -2.25. The Balaban J connectivity index is 0.00000529. The molecule has 2 aromatic rings. The smallest absolute Gasteiger partial charge is 0.256 e. The molecular weight excluding hydrogens is 560 g/mol. The van der Waals surface area contributed by atoms with Crippen LogP contribution in [0.5, 0.6) is 11.5 Å². The molecule has 0 radical (unpaired) electrons. The average molecular weight is 609 g/mol. The molecule has 0 saturated carbocycles. The van der Waals surface area contributed by atoms with E-state index < -0.39 is 10.8 Å². The third-order valence-electron chi connectivity index (χ3n) is 8.26. The molecule has 0 spiro atoms. The normalized spacial score (nSPS) is 15.9. The van der Waals surface area contributed by atoms with Crippen LogP contribution in [0, 0.1) is 5.41 Å². The maximum absolute atomic E-state index is 13.3. The zero-order valence-electron chi connectivity index (χ0n) is 26.1. The van der Waals surface area contributed by atoms with E-state index in [-0.39, 0.29) is 37.8 Å². The van der Waals surface area contributed by atoms with Crippen molar-refractivity contribution in [3.05, 3.63) is 47.9 Å². The molecule has 1 fully saturated rings. The largest absolute Gasteiger partial charge is 0.493 e. The molecule has 1 unspecified atom stereocenters. The van der Waals surface area contributed by atoms with Crippen LogP contribution in [0.3, 0.4) is 0 Å². The van der Waals surface area contributed by atoms with E-state index in [0.717, 1.165) is 25.1 Å². The molecule has 1 aromatic carbocycles. The number of nitrogens with one attached hydrogen (secondary N) is 2. The van der Waals surface area contributed by atoms with Gasteiger partial charge in [-0.05, 0) is 45.2 Å². The number of benzene rings is 1. The number of hydrogen-bond acceptors (Lipinski definition) is 7. The van der Waals surface area contributed by atoms with Crippen LogP contribution >= 0.6 is 0 Å². The Bertz CT molecular complexity index is 1440. The summed E-state index contributed by atoms with van der Waals surface area (Å²) in [7, 11) is 3.38. The summed E-state index contributed by atoms with van der Waals surface area (Å²) >= 11 is 0. The number of amides is 3. The van der Waals surface area contributed by atoms with Crippen LogP contribution in [0.1, 0.15) is 76.9 Å². The number of fused-ring (bicyclic) bond motifs is 2. The molecular formula is C33H48N6O5. The van der Waals surface area contributed by atoms with Crippen molar-refractivity contribution in [1.82, 2.24) is 14.8 Å². The van der Waals surface area contributed by atoms with E-state index in [4.69, 9.17) is 15.2 Å². The first-order chi connectivity index (χ1) is 20.2. The van der Waals surface area contributed by atoms with E-state index >= 15 is 0 Å². The molecule has 11 nitrogen and oxygen atoms in total. The maximum atomic E-state index is 13.3. The third-order valence-corrected chi connectivity index (χ3v) is 8.26. The second kappa shape index (κ2) is 13.6. The number of ether oxygens (including phenoxy) is 2. The number of aryl methyl sites for hydroxylation is 1. The number of methoxy groups -OCH3 is 1. The van der Waals surface area contributed by atoms with Crippen LogP contribution in [-0.4, -0.2) is 66.3 Å². The van der Waals surface area contributed by atoms with E-state index in [1.807, 2.05) is 56.5 Å². The highest BCUT2D eigenvalue weighted by Gasteiger charge is 2.35. The molecule has 2 aliphatic heterocycles. The van der Waals surface area contributed by atoms with Crippen LogP contribution < -0.4 is 25.8 Å². The Labute approximate surface area is 260 Å². The first-order valence-electron chi connectivity index (χ1n) is 14.6. The van der Waals surface area contributed by atoms with Crippen LogP contribution in [0.4, 0.5) is 11.4 Å². The molecule has 44 heavy (non-hydrogen) atoms. The molecule has 0 bridgehead atoms. The predicted molar refractivity (Wildman–Crippen MR) is 174 cm³/mol. The standard InChI is InChI=1S/C32H44N6O5.CH4/c1-20(33)10-12-34-30(41)32(4,5)27-15-21(19-37(27)6)36-29(40)31(2,3)11-14-43-26-17-24-23(16-25(26)42-7)28(39)38-13-8-9-22(38)18-35-24;/h15-19,22H,1,8-14,33H2,2-7H3,(H,34,41)(H,36,40);1H4. The highest BCUT2D eigenvalue weighted by Crippen LogP contribution is 2.38. The summed E-state index contributed by atoms with van der Waals surface area (Å²) in [4.78, 5) is 45.8. The van der Waals surface area contributed by atoms with Crippen molar-refractivity contribution < 1.29 is 23.9 Å². The van der Waals surface area contributed by atoms with Gasteiger partial charge in [0.2, 0.25) is 11.8 Å². The number of aliphatic imine (C=N–C) groups is 1. The van der Waals surface area contributed by atoms with Gasteiger partial charge in [0, 0.05) is 61.8 Å². The molecule has 0 aliphatic carbocycles. The average Bonchev–Trinajstić information content (AvgIpc) is 3.54. The summed E-state index contributed by atoms with van der Waals surface area (Å²) in [6.07, 6.45) is 6.42. The number of carbonyl (C=O) groups is 3. The lowest BCUT2D eigenvalue weighted by Crippen LogP contribution is -2.41. The van der Waals surface area contributed by atoms with Gasteiger partial charge < -0.3 is 35.3 Å². The van der Waals surface area contributed by atoms with Crippen LogP contribution in [0.25, 0.3) is 0 Å². The van der Waals surface area contributed by atoms with E-state index in [1.165, 1.54) is 7.11 Å². The number of carbonyl (C=O) groups excluding carboxylic acids is 3. The molecule has 1 atom stereocenters. The Hall–Kier alpha value is -4.28. The van der Waals surface area contributed by atoms with Crippen LogP contribution in [-0.2, 0) is 22.1 Å². The van der Waals surface area contributed by atoms with Crippen molar-refractivity contribution in [2.75, 3.05) is 32.1 Å². The lowest BCUT2D eigenvalue weighted by molar-refractivity contribution is -0.126. The minimum atomic E-state index is -0.839. The van der Waals surface area contributed by atoms with Gasteiger partial charge in [-0.15, -0.1) is 0 Å². The SMILES string of the molecule is C.C=C(N)CCNC(=O)C(C)(C)c1cc(NC(=O)C(C)(C)CCOc2cc3c(cc2OC)C(=O)N2CCCC2C=N3)cn1C. The molecule has 240 valence electrons. The van der Waals surface area contributed by atoms with Crippen molar-refractivity contribution >= 4 is 35.3 Å². The van der Waals surface area contributed by atoms with E-state index in [0.29, 0.717) is 53.5 Å². The van der Waals surface area contributed by atoms with Gasteiger partial charge in [0.05, 0.1) is 42.1 Å². The summed E-state index contributed by atoms with van der Waals surface area (Å²) in [5.41, 5.74) is 6.91. The summed E-state index contributed by atoms with van der Waals surface area (Å²) in [5, 5.41) is 5.90. The van der Waals surface area contributed by atoms with Crippen molar-refractivity contribution in [1.29, 1.82) is 0 Å². The molecule has 4 N–H and O–H groups in total. The molecule has 3 heterocycles. The molecule has 1 saturated heterocycles. The summed E-state index contributed by atoms with van der Waals surface area (Å²) in [6.45, 7) is 12.4. The van der Waals surface area contributed by atoms with Gasteiger partial charge in [0.25, 0.3) is 5.91 Å². The quantitative estimate of drug-likeness (QED) is 0.320. The fraction of sp³-hybridized carbons (Fsp3) is 0.515. The van der Waals surface area contributed by atoms with Gasteiger partial charge in [-0.3, -0.25) is 19.4 Å². The predicted octanol–water partition coefficient (Wildman–Crippen LogP) is 4.68. The minimum Gasteiger partial charge on any atom is -0.493 e. The van der Waals surface area contributed by atoms with Gasteiger partial charge in [0.1, 0.15) is 0 Å². The Kier molecular flexibility index (Phi) is 10.6. The topological polar surface area (TPSA) is 140 Å². The lowest BCUT2D eigenvalue weighted by atomic mass is 9.87. The van der Waals surface area contributed by atoms with Gasteiger partial charge in [0.15, 0.2) is 11.5 Å². The van der Waals surface area contributed by atoms with Crippen LogP contribution in [0.2, 0.25) is 0 Å². The molecule has 1 aromatic heterocycles. The first kappa shape index (κ1) is 34.2. The highest BCUT2D eigenvalue weighted by molar-refractivity contribution is 6.03. The van der Waals surface area contributed by atoms with Crippen molar-refractivity contribution in [3.8, 4) is 11.5 Å². The number of aromatic nitrogens is 1. The van der Waals surface area contributed by atoms with E-state index in [2.05, 4.69) is 22.2 Å². The van der Waals surface area contributed by atoms with Crippen molar-refractivity contribution in [2.45, 2.75) is 72.3 Å². The fourth-order valence-electron chi connectivity index (χ4n) is 5.38. The molecule has 4 rings (SSSR count). The summed E-state index contributed by atoms with van der Waals surface area (Å²) < 4.78 is 13.5. The number of hydrogen-bond donors (Lipinski definition) is 3. The Morgan fingerprint density at radius 1 is 1.16 bits per heavy atom. The Morgan fingerprint density at radius 3 is 2.57 bits per heavy atom. The Morgan fingerprint density at radius 2 is 1.89 bits per heavy atom. The fourth-order valence-corrected chi connectivity index (χ4v) is 5.38. The van der Waals surface area contributed by atoms with Crippen LogP contribution in [0.15, 0.2) is 41.7 Å². The monoisotopic (exact) mass is 608 g/mol. The third kappa shape index (κ3) is 7.26. The zero-order chi connectivity index (χ0) is 31.5. The highest BCUT2D eigenvalue weighted by atomic mass is 16.5. The maximum Gasteiger partial charge on any atom is 0.256 e. The number of anilines is 1. The van der Waals surface area contributed by atoms with Gasteiger partial charge in [-0.1, -0.05) is 27.9 Å². The second-order valence-electron chi connectivity index (χ2n) is 12.5. The van der Waals surface area contributed by atoms with E-state index in [9.17, 15) is 14.4 Å². The summed E-state index contributed by atoms with van der Waals surface area (Å²) in [6, 6.07) is 5.25. The molecule has 11 heteroatoms. The van der Waals surface area contributed by atoms with Gasteiger partial charge in [-0.25, -0.2) is 0 Å². The van der Waals surface area contributed by atoms with Gasteiger partial charge in [-0.2, -0.15) is 0 Å². The zero-order valence-corrected chi connectivity index (χ0v) is 26.1. The first-order valence-corrected chi connectivity index (χ1v) is 14.6. The minimum absolute atomic E-state index is 0. The molecule has 2 aliphatic rings. The van der Waals surface area contributed by atoms with Crippen molar-refractivity contribution in [2.24, 2.45) is 23.2 Å². The number of rotatable bonds is 12. The molecule has 3 amide bonds. The van der Waals surface area contributed by atoms with E-state index in [1.54, 1.807) is 18.3 Å². The number of nitrogens with zero attached hydrogens (tertiary/aromatic N) is 3.